The molecule has 6 heteroatoms. The van der Waals surface area contributed by atoms with E-state index >= 15 is 0 Å². The molecule has 1 rings (SSSR count). The van der Waals surface area contributed by atoms with Crippen molar-refractivity contribution < 1.29 is 14.7 Å². The fraction of sp³-hybridized carbons (Fsp3) is 0.333. The van der Waals surface area contributed by atoms with Gasteiger partial charge in [-0.3, -0.25) is 4.79 Å². The Kier molecular flexibility index (Phi) is 4.24. The van der Waals surface area contributed by atoms with Gasteiger partial charge in [-0.1, -0.05) is 44.0 Å². The Morgan fingerprint density at radius 2 is 1.78 bits per heavy atom. The van der Waals surface area contributed by atoms with Gasteiger partial charge in [0.2, 0.25) is 5.91 Å². The molecule has 0 aliphatic rings. The lowest BCUT2D eigenvalue weighted by molar-refractivity contribution is -0.123. The van der Waals surface area contributed by atoms with E-state index in [4.69, 9.17) is 28.3 Å². The topological polar surface area (TPSA) is 66.4 Å². The first-order valence-electron chi connectivity index (χ1n) is 5.16. The molecule has 0 fully saturated rings. The normalized spacial score (nSPS) is 11.2. The van der Waals surface area contributed by atoms with Gasteiger partial charge in [0, 0.05) is 10.4 Å². The van der Waals surface area contributed by atoms with E-state index in [2.05, 4.69) is 5.32 Å². The second-order valence-electron chi connectivity index (χ2n) is 4.82. The van der Waals surface area contributed by atoms with Crippen molar-refractivity contribution in [1.82, 2.24) is 0 Å². The first-order valence-corrected chi connectivity index (χ1v) is 5.92. The third-order valence-electron chi connectivity index (χ3n) is 2.20. The van der Waals surface area contributed by atoms with Gasteiger partial charge in [-0.25, -0.2) is 4.79 Å². The molecule has 0 saturated carbocycles. The van der Waals surface area contributed by atoms with E-state index in [0.29, 0.717) is 0 Å². The van der Waals surface area contributed by atoms with Crippen LogP contribution in [0.4, 0.5) is 5.69 Å². The van der Waals surface area contributed by atoms with E-state index in [1.165, 1.54) is 12.1 Å². The Hall–Kier alpha value is -1.26. The van der Waals surface area contributed by atoms with Crippen molar-refractivity contribution in [2.24, 2.45) is 5.41 Å². The van der Waals surface area contributed by atoms with Crippen LogP contribution in [0, 0.1) is 5.41 Å². The van der Waals surface area contributed by atoms with E-state index in [1.807, 2.05) is 0 Å². The largest absolute Gasteiger partial charge is 0.478 e. The van der Waals surface area contributed by atoms with E-state index in [9.17, 15) is 9.59 Å². The Labute approximate surface area is 115 Å². The number of benzene rings is 1. The minimum absolute atomic E-state index is 0.0146. The molecule has 0 unspecified atom stereocenters. The summed E-state index contributed by atoms with van der Waals surface area (Å²) in [4.78, 5) is 22.9. The molecule has 1 amide bonds. The van der Waals surface area contributed by atoms with E-state index in [0.717, 1.165) is 0 Å². The molecule has 18 heavy (non-hydrogen) atoms. The summed E-state index contributed by atoms with van der Waals surface area (Å²) >= 11 is 11.6. The maximum atomic E-state index is 11.8. The quantitative estimate of drug-likeness (QED) is 0.873. The molecule has 0 aliphatic carbocycles. The molecular weight excluding hydrogens is 277 g/mol. The molecule has 0 bridgehead atoms. The number of hydrogen-bond donors (Lipinski definition) is 2. The van der Waals surface area contributed by atoms with Crippen LogP contribution >= 0.6 is 23.2 Å². The highest BCUT2D eigenvalue weighted by Gasteiger charge is 2.24. The number of nitrogens with one attached hydrogen (secondary N) is 1. The van der Waals surface area contributed by atoms with Crippen molar-refractivity contribution in [1.29, 1.82) is 0 Å². The van der Waals surface area contributed by atoms with Gasteiger partial charge in [-0.15, -0.1) is 0 Å². The number of carboxylic acid groups (broad SMARTS) is 1. The van der Waals surface area contributed by atoms with Gasteiger partial charge >= 0.3 is 5.97 Å². The zero-order chi connectivity index (χ0) is 14.1. The van der Waals surface area contributed by atoms with Crippen molar-refractivity contribution >= 4 is 40.8 Å². The molecule has 0 heterocycles. The maximum Gasteiger partial charge on any atom is 0.339 e. The van der Waals surface area contributed by atoms with Crippen molar-refractivity contribution in [3.63, 3.8) is 0 Å². The molecule has 4 nitrogen and oxygen atoms in total. The molecule has 2 N–H and O–H groups in total. The minimum Gasteiger partial charge on any atom is -0.478 e. The second kappa shape index (κ2) is 5.16. The number of carbonyl (C=O) groups excluding carboxylic acids is 1. The lowest BCUT2D eigenvalue weighted by Crippen LogP contribution is -2.28. The highest BCUT2D eigenvalue weighted by Crippen LogP contribution is 2.30. The summed E-state index contributed by atoms with van der Waals surface area (Å²) < 4.78 is 0. The van der Waals surface area contributed by atoms with E-state index < -0.39 is 11.4 Å². The molecular formula is C12H13Cl2NO3. The van der Waals surface area contributed by atoms with Crippen LogP contribution in [-0.2, 0) is 4.79 Å². The minimum atomic E-state index is -1.22. The van der Waals surface area contributed by atoms with Crippen LogP contribution in [0.5, 0.6) is 0 Å². The summed E-state index contributed by atoms with van der Waals surface area (Å²) in [5.74, 6) is -1.54. The predicted molar refractivity (Wildman–Crippen MR) is 71.5 cm³/mol. The van der Waals surface area contributed by atoms with Gasteiger partial charge in [0.1, 0.15) is 5.56 Å². The van der Waals surface area contributed by atoms with Crippen LogP contribution < -0.4 is 5.32 Å². The van der Waals surface area contributed by atoms with Crippen molar-refractivity contribution in [3.8, 4) is 0 Å². The fourth-order valence-corrected chi connectivity index (χ4v) is 1.77. The number of halogens is 2. The summed E-state index contributed by atoms with van der Waals surface area (Å²) in [6.07, 6.45) is 0. The number of carbonyl (C=O) groups is 2. The summed E-state index contributed by atoms with van der Waals surface area (Å²) in [7, 11) is 0. The highest BCUT2D eigenvalue weighted by molar-refractivity contribution is 6.37. The molecule has 0 aromatic heterocycles. The van der Waals surface area contributed by atoms with Crippen LogP contribution in [0.15, 0.2) is 12.1 Å². The van der Waals surface area contributed by atoms with Crippen LogP contribution in [0.3, 0.4) is 0 Å². The lowest BCUT2D eigenvalue weighted by Gasteiger charge is -2.19. The van der Waals surface area contributed by atoms with Gasteiger partial charge in [0.25, 0.3) is 0 Å². The lowest BCUT2D eigenvalue weighted by atomic mass is 9.95. The highest BCUT2D eigenvalue weighted by atomic mass is 35.5. The molecule has 0 atom stereocenters. The molecule has 0 saturated heterocycles. The van der Waals surface area contributed by atoms with Crippen molar-refractivity contribution in [2.75, 3.05) is 5.32 Å². The monoisotopic (exact) mass is 289 g/mol. The summed E-state index contributed by atoms with van der Waals surface area (Å²) in [5, 5.41) is 11.8. The van der Waals surface area contributed by atoms with Crippen molar-refractivity contribution in [2.45, 2.75) is 20.8 Å². The molecule has 1 aromatic rings. The molecule has 98 valence electrons. The number of rotatable bonds is 2. The smallest absolute Gasteiger partial charge is 0.339 e. The maximum absolute atomic E-state index is 11.8. The van der Waals surface area contributed by atoms with E-state index in [-0.39, 0.29) is 27.2 Å². The fourth-order valence-electron chi connectivity index (χ4n) is 1.20. The standard InChI is InChI=1S/C12H13Cl2NO3/c1-12(2,3)11(18)15-8-5-6(13)4-7(14)9(8)10(16)17/h4-5H,1-3H3,(H,15,18)(H,16,17). The van der Waals surface area contributed by atoms with Gasteiger partial charge in [-0.05, 0) is 12.1 Å². The van der Waals surface area contributed by atoms with Crippen LogP contribution in [0.1, 0.15) is 31.1 Å². The number of aromatic carboxylic acids is 1. The predicted octanol–water partition coefficient (Wildman–Crippen LogP) is 3.68. The van der Waals surface area contributed by atoms with Gasteiger partial charge < -0.3 is 10.4 Å². The third kappa shape index (κ3) is 3.37. The summed E-state index contributed by atoms with van der Waals surface area (Å²) in [6.45, 7) is 5.15. The SMILES string of the molecule is CC(C)(C)C(=O)Nc1cc(Cl)cc(Cl)c1C(=O)O. The Morgan fingerprint density at radius 1 is 1.22 bits per heavy atom. The van der Waals surface area contributed by atoms with Gasteiger partial charge in [0.15, 0.2) is 0 Å². The molecule has 0 spiro atoms. The second-order valence-corrected chi connectivity index (χ2v) is 5.66. The van der Waals surface area contributed by atoms with Crippen LogP contribution in [0.2, 0.25) is 10.0 Å². The van der Waals surface area contributed by atoms with Crippen LogP contribution in [-0.4, -0.2) is 17.0 Å². The average molecular weight is 290 g/mol. The van der Waals surface area contributed by atoms with Gasteiger partial charge in [-0.2, -0.15) is 0 Å². The van der Waals surface area contributed by atoms with Crippen LogP contribution in [0.25, 0.3) is 0 Å². The molecule has 1 aromatic carbocycles. The molecule has 0 aliphatic heterocycles. The number of anilines is 1. The third-order valence-corrected chi connectivity index (χ3v) is 2.71. The summed E-state index contributed by atoms with van der Waals surface area (Å²) in [5.41, 5.74) is -0.719. The zero-order valence-electron chi connectivity index (χ0n) is 10.2. The molecule has 0 radical (unpaired) electrons. The first-order chi connectivity index (χ1) is 8.12. The Bertz CT molecular complexity index is 507. The number of hydrogen-bond acceptors (Lipinski definition) is 2. The average Bonchev–Trinajstić information content (AvgIpc) is 2.13. The Balaban J connectivity index is 3.24. The first kappa shape index (κ1) is 14.8. The summed E-state index contributed by atoms with van der Waals surface area (Å²) in [6, 6.07) is 2.68. The zero-order valence-corrected chi connectivity index (χ0v) is 11.7. The van der Waals surface area contributed by atoms with E-state index in [1.54, 1.807) is 20.8 Å². The van der Waals surface area contributed by atoms with Crippen molar-refractivity contribution in [3.05, 3.63) is 27.7 Å². The van der Waals surface area contributed by atoms with Gasteiger partial charge in [0.05, 0.1) is 10.7 Å². The number of amides is 1. The Morgan fingerprint density at radius 3 is 2.22 bits per heavy atom. The number of carboxylic acids is 1.